The third kappa shape index (κ3) is 3.23. The van der Waals surface area contributed by atoms with Crippen LogP contribution < -0.4 is 5.32 Å². The minimum atomic E-state index is 0.885. The topological polar surface area (TPSA) is 12.0 Å². The molecule has 0 saturated heterocycles. The normalized spacial score (nSPS) is 16.1. The van der Waals surface area contributed by atoms with Gasteiger partial charge in [-0.1, -0.05) is 43.0 Å². The molecule has 88 valence electrons. The maximum absolute atomic E-state index is 6.17. The van der Waals surface area contributed by atoms with E-state index >= 15 is 0 Å². The Morgan fingerprint density at radius 3 is 2.81 bits per heavy atom. The smallest absolute Gasteiger partial charge is 0.0453 e. The molecular formula is C14H20ClN. The van der Waals surface area contributed by atoms with Gasteiger partial charge in [0.1, 0.15) is 0 Å². The molecule has 1 saturated carbocycles. The van der Waals surface area contributed by atoms with Gasteiger partial charge < -0.3 is 5.32 Å². The third-order valence-corrected chi connectivity index (χ3v) is 3.83. The van der Waals surface area contributed by atoms with Crippen LogP contribution in [0.5, 0.6) is 0 Å². The van der Waals surface area contributed by atoms with Crippen LogP contribution in [0.25, 0.3) is 0 Å². The van der Waals surface area contributed by atoms with Gasteiger partial charge in [0, 0.05) is 11.6 Å². The van der Waals surface area contributed by atoms with E-state index in [0.717, 1.165) is 24.0 Å². The van der Waals surface area contributed by atoms with Crippen LogP contribution in [-0.2, 0) is 6.54 Å². The lowest BCUT2D eigenvalue weighted by molar-refractivity contribution is 0.292. The molecule has 1 aromatic carbocycles. The summed E-state index contributed by atoms with van der Waals surface area (Å²) in [5.41, 5.74) is 2.43. The average molecular weight is 238 g/mol. The van der Waals surface area contributed by atoms with Crippen LogP contribution in [0, 0.1) is 12.8 Å². The Morgan fingerprint density at radius 1 is 1.38 bits per heavy atom. The van der Waals surface area contributed by atoms with E-state index in [0.29, 0.717) is 0 Å². The molecule has 0 unspecified atom stereocenters. The van der Waals surface area contributed by atoms with Gasteiger partial charge in [-0.3, -0.25) is 0 Å². The van der Waals surface area contributed by atoms with E-state index in [1.807, 2.05) is 6.07 Å². The molecular weight excluding hydrogens is 218 g/mol. The summed E-state index contributed by atoms with van der Waals surface area (Å²) in [7, 11) is 0. The Bertz CT molecular complexity index is 345. The summed E-state index contributed by atoms with van der Waals surface area (Å²) >= 11 is 6.17. The standard InChI is InChI=1S/C14H20ClN/c1-11-5-6-13(14(15)9-11)10-16-8-7-12-3-2-4-12/h5-6,9,12,16H,2-4,7-8,10H2,1H3. The van der Waals surface area contributed by atoms with Crippen molar-refractivity contribution in [1.82, 2.24) is 5.32 Å². The molecule has 0 spiro atoms. The Balaban J connectivity index is 1.71. The molecule has 0 amide bonds. The van der Waals surface area contributed by atoms with Crippen molar-refractivity contribution >= 4 is 11.6 Å². The van der Waals surface area contributed by atoms with Crippen molar-refractivity contribution in [2.45, 2.75) is 39.2 Å². The molecule has 2 rings (SSSR count). The zero-order chi connectivity index (χ0) is 11.4. The highest BCUT2D eigenvalue weighted by Gasteiger charge is 2.16. The van der Waals surface area contributed by atoms with Gasteiger partial charge in [0.2, 0.25) is 0 Å². The summed E-state index contributed by atoms with van der Waals surface area (Å²) in [5, 5.41) is 4.36. The highest BCUT2D eigenvalue weighted by molar-refractivity contribution is 6.31. The van der Waals surface area contributed by atoms with E-state index < -0.39 is 0 Å². The van der Waals surface area contributed by atoms with Gasteiger partial charge in [0.15, 0.2) is 0 Å². The van der Waals surface area contributed by atoms with E-state index in [2.05, 4.69) is 24.4 Å². The van der Waals surface area contributed by atoms with Crippen LogP contribution in [0.15, 0.2) is 18.2 Å². The summed E-state index contributed by atoms with van der Waals surface area (Å²) < 4.78 is 0. The van der Waals surface area contributed by atoms with Gasteiger partial charge in [0.25, 0.3) is 0 Å². The summed E-state index contributed by atoms with van der Waals surface area (Å²) in [6, 6.07) is 6.27. The Morgan fingerprint density at radius 2 is 2.19 bits per heavy atom. The Hall–Kier alpha value is -0.530. The predicted octanol–water partition coefficient (Wildman–Crippen LogP) is 3.93. The fourth-order valence-corrected chi connectivity index (χ4v) is 2.41. The van der Waals surface area contributed by atoms with E-state index in [1.165, 1.54) is 36.8 Å². The van der Waals surface area contributed by atoms with Gasteiger partial charge in [-0.15, -0.1) is 0 Å². The molecule has 0 radical (unpaired) electrons. The van der Waals surface area contributed by atoms with Crippen LogP contribution in [0.1, 0.15) is 36.8 Å². The Kier molecular flexibility index (Phi) is 4.25. The lowest BCUT2D eigenvalue weighted by atomic mass is 9.83. The molecule has 1 aliphatic carbocycles. The first-order chi connectivity index (χ1) is 7.75. The Labute approximate surface area is 103 Å². The van der Waals surface area contributed by atoms with Crippen molar-refractivity contribution in [2.75, 3.05) is 6.54 Å². The number of benzene rings is 1. The zero-order valence-electron chi connectivity index (χ0n) is 9.93. The van der Waals surface area contributed by atoms with E-state index in [1.54, 1.807) is 0 Å². The average Bonchev–Trinajstić information content (AvgIpc) is 2.18. The molecule has 1 aliphatic rings. The van der Waals surface area contributed by atoms with Crippen molar-refractivity contribution in [3.8, 4) is 0 Å². The lowest BCUT2D eigenvalue weighted by Gasteiger charge is -2.25. The molecule has 0 aliphatic heterocycles. The van der Waals surface area contributed by atoms with Crippen LogP contribution >= 0.6 is 11.6 Å². The predicted molar refractivity (Wildman–Crippen MR) is 69.9 cm³/mol. The first-order valence-corrected chi connectivity index (χ1v) is 6.59. The maximum Gasteiger partial charge on any atom is 0.0453 e. The number of hydrogen-bond donors (Lipinski definition) is 1. The van der Waals surface area contributed by atoms with Crippen molar-refractivity contribution in [3.05, 3.63) is 34.3 Å². The first kappa shape index (κ1) is 11.9. The number of halogens is 1. The second-order valence-corrected chi connectivity index (χ2v) is 5.26. The van der Waals surface area contributed by atoms with Crippen LogP contribution in [0.4, 0.5) is 0 Å². The van der Waals surface area contributed by atoms with Crippen molar-refractivity contribution in [1.29, 1.82) is 0 Å². The molecule has 0 atom stereocenters. The first-order valence-electron chi connectivity index (χ1n) is 6.21. The van der Waals surface area contributed by atoms with Gasteiger partial charge in [-0.2, -0.15) is 0 Å². The molecule has 1 N–H and O–H groups in total. The van der Waals surface area contributed by atoms with Crippen molar-refractivity contribution in [2.24, 2.45) is 5.92 Å². The molecule has 16 heavy (non-hydrogen) atoms. The zero-order valence-corrected chi connectivity index (χ0v) is 10.7. The number of rotatable bonds is 5. The molecule has 0 heterocycles. The van der Waals surface area contributed by atoms with Crippen LogP contribution in [-0.4, -0.2) is 6.54 Å². The maximum atomic E-state index is 6.17. The van der Waals surface area contributed by atoms with Crippen molar-refractivity contribution in [3.63, 3.8) is 0 Å². The fourth-order valence-electron chi connectivity index (χ4n) is 2.11. The molecule has 1 fully saturated rings. The molecule has 1 nitrogen and oxygen atoms in total. The van der Waals surface area contributed by atoms with E-state index in [-0.39, 0.29) is 0 Å². The second-order valence-electron chi connectivity index (χ2n) is 4.86. The molecule has 1 aromatic rings. The largest absolute Gasteiger partial charge is 0.313 e. The molecule has 2 heteroatoms. The summed E-state index contributed by atoms with van der Waals surface area (Å²) in [4.78, 5) is 0. The minimum Gasteiger partial charge on any atom is -0.313 e. The van der Waals surface area contributed by atoms with E-state index in [4.69, 9.17) is 11.6 Å². The van der Waals surface area contributed by atoms with Crippen molar-refractivity contribution < 1.29 is 0 Å². The van der Waals surface area contributed by atoms with Gasteiger partial charge in [-0.25, -0.2) is 0 Å². The summed E-state index contributed by atoms with van der Waals surface area (Å²) in [6.07, 6.45) is 5.64. The quantitative estimate of drug-likeness (QED) is 0.766. The highest BCUT2D eigenvalue weighted by atomic mass is 35.5. The lowest BCUT2D eigenvalue weighted by Crippen LogP contribution is -2.21. The fraction of sp³-hybridized carbons (Fsp3) is 0.571. The van der Waals surface area contributed by atoms with E-state index in [9.17, 15) is 0 Å². The van der Waals surface area contributed by atoms with Gasteiger partial charge in [0.05, 0.1) is 0 Å². The minimum absolute atomic E-state index is 0.885. The number of hydrogen-bond acceptors (Lipinski definition) is 1. The molecule has 0 aromatic heterocycles. The third-order valence-electron chi connectivity index (χ3n) is 3.48. The number of aryl methyl sites for hydroxylation is 1. The van der Waals surface area contributed by atoms with Crippen LogP contribution in [0.2, 0.25) is 5.02 Å². The van der Waals surface area contributed by atoms with Gasteiger partial charge >= 0.3 is 0 Å². The molecule has 0 bridgehead atoms. The van der Waals surface area contributed by atoms with Gasteiger partial charge in [-0.05, 0) is 43.0 Å². The SMILES string of the molecule is Cc1ccc(CNCCC2CCC2)c(Cl)c1. The number of nitrogens with one attached hydrogen (secondary N) is 1. The highest BCUT2D eigenvalue weighted by Crippen LogP contribution is 2.28. The summed E-state index contributed by atoms with van der Waals surface area (Å²) in [5.74, 6) is 0.987. The monoisotopic (exact) mass is 237 g/mol. The second kappa shape index (κ2) is 5.70. The summed E-state index contributed by atoms with van der Waals surface area (Å²) in [6.45, 7) is 4.08. The van der Waals surface area contributed by atoms with Crippen LogP contribution in [0.3, 0.4) is 0 Å².